The summed E-state index contributed by atoms with van der Waals surface area (Å²) in [6.07, 6.45) is 1.78. The number of benzene rings is 1. The van der Waals surface area contributed by atoms with Gasteiger partial charge in [0, 0.05) is 4.88 Å². The Morgan fingerprint density at radius 2 is 2.19 bits per heavy atom. The molecular formula is C16H10N4O3S3. The molecule has 0 unspecified atom stereocenters. The maximum absolute atomic E-state index is 12.5. The Bertz CT molecular complexity index is 1040. The Labute approximate surface area is 161 Å². The molecule has 130 valence electrons. The summed E-state index contributed by atoms with van der Waals surface area (Å²) in [6.45, 7) is -0.173. The average molecular weight is 402 g/mol. The van der Waals surface area contributed by atoms with E-state index in [9.17, 15) is 9.59 Å². The summed E-state index contributed by atoms with van der Waals surface area (Å²) >= 11 is 7.97. The van der Waals surface area contributed by atoms with Crippen LogP contribution in [-0.2, 0) is 9.59 Å². The van der Waals surface area contributed by atoms with E-state index in [2.05, 4.69) is 20.3 Å². The van der Waals surface area contributed by atoms with E-state index < -0.39 is 0 Å². The molecule has 0 bridgehead atoms. The molecule has 1 fully saturated rings. The molecule has 7 nitrogen and oxygen atoms in total. The number of anilines is 1. The number of nitrogens with zero attached hydrogens (tertiary/aromatic N) is 3. The van der Waals surface area contributed by atoms with Crippen LogP contribution in [0.1, 0.15) is 4.88 Å². The van der Waals surface area contributed by atoms with Gasteiger partial charge in [0.2, 0.25) is 5.91 Å². The predicted octanol–water partition coefficient (Wildman–Crippen LogP) is 3.12. The van der Waals surface area contributed by atoms with Gasteiger partial charge in [-0.1, -0.05) is 36.1 Å². The molecule has 2 amide bonds. The van der Waals surface area contributed by atoms with Gasteiger partial charge in [0.1, 0.15) is 16.4 Å². The fourth-order valence-electron chi connectivity index (χ4n) is 2.38. The first kappa shape index (κ1) is 16.9. The van der Waals surface area contributed by atoms with Crippen molar-refractivity contribution in [2.75, 3.05) is 11.9 Å². The summed E-state index contributed by atoms with van der Waals surface area (Å²) < 4.78 is 5.03. The highest BCUT2D eigenvalue weighted by atomic mass is 32.2. The predicted molar refractivity (Wildman–Crippen MR) is 105 cm³/mol. The molecule has 1 aromatic carbocycles. The number of thiophene rings is 1. The summed E-state index contributed by atoms with van der Waals surface area (Å²) in [6, 6.07) is 8.95. The second kappa shape index (κ2) is 6.98. The number of rotatable bonds is 4. The molecule has 3 heterocycles. The number of thiocarbonyl (C=S) groups is 1. The highest BCUT2D eigenvalue weighted by molar-refractivity contribution is 8.26. The van der Waals surface area contributed by atoms with Crippen LogP contribution in [0.4, 0.5) is 5.69 Å². The molecule has 10 heteroatoms. The number of hydrogen-bond donors (Lipinski definition) is 1. The zero-order valence-corrected chi connectivity index (χ0v) is 15.5. The van der Waals surface area contributed by atoms with Gasteiger partial charge in [0.25, 0.3) is 5.91 Å². The SMILES string of the molecule is O=C(CN1C(=O)/C(=C\c2cccs2)SC1=S)Nc1cccc2nonc12. The third-order valence-electron chi connectivity index (χ3n) is 3.55. The lowest BCUT2D eigenvalue weighted by molar-refractivity contribution is -0.126. The van der Waals surface area contributed by atoms with E-state index in [-0.39, 0.29) is 18.4 Å². The van der Waals surface area contributed by atoms with Gasteiger partial charge in [-0.2, -0.15) is 0 Å². The lowest BCUT2D eigenvalue weighted by Gasteiger charge is -2.14. The second-order valence-corrected chi connectivity index (χ2v) is 7.92. The van der Waals surface area contributed by atoms with Crippen LogP contribution < -0.4 is 5.32 Å². The molecule has 4 rings (SSSR count). The quantitative estimate of drug-likeness (QED) is 0.530. The van der Waals surface area contributed by atoms with Crippen LogP contribution >= 0.6 is 35.3 Å². The minimum Gasteiger partial charge on any atom is -0.322 e. The second-order valence-electron chi connectivity index (χ2n) is 5.27. The minimum atomic E-state index is -0.380. The maximum Gasteiger partial charge on any atom is 0.266 e. The van der Waals surface area contributed by atoms with Crippen molar-refractivity contribution in [1.29, 1.82) is 0 Å². The Morgan fingerprint density at radius 1 is 1.31 bits per heavy atom. The van der Waals surface area contributed by atoms with Crippen LogP contribution in [0.3, 0.4) is 0 Å². The monoisotopic (exact) mass is 402 g/mol. The molecule has 3 aromatic rings. The molecule has 1 aliphatic rings. The van der Waals surface area contributed by atoms with Crippen molar-refractivity contribution in [3.05, 3.63) is 45.5 Å². The smallest absolute Gasteiger partial charge is 0.266 e. The van der Waals surface area contributed by atoms with Crippen molar-refractivity contribution in [1.82, 2.24) is 15.2 Å². The summed E-state index contributed by atoms with van der Waals surface area (Å²) in [5, 5.41) is 12.1. The van der Waals surface area contributed by atoms with Gasteiger partial charge in [-0.05, 0) is 40.0 Å². The van der Waals surface area contributed by atoms with Crippen molar-refractivity contribution < 1.29 is 14.2 Å². The molecule has 0 atom stereocenters. The maximum atomic E-state index is 12.5. The van der Waals surface area contributed by atoms with Gasteiger partial charge < -0.3 is 5.32 Å². The number of hydrogen-bond acceptors (Lipinski definition) is 8. The molecule has 2 aromatic heterocycles. The van der Waals surface area contributed by atoms with Gasteiger partial charge in [0.15, 0.2) is 5.52 Å². The van der Waals surface area contributed by atoms with Gasteiger partial charge in [-0.25, -0.2) is 4.63 Å². The molecule has 1 saturated heterocycles. The first-order valence-electron chi connectivity index (χ1n) is 7.42. The number of carbonyl (C=O) groups excluding carboxylic acids is 2. The topological polar surface area (TPSA) is 88.3 Å². The fraction of sp³-hybridized carbons (Fsp3) is 0.0625. The van der Waals surface area contributed by atoms with Crippen molar-refractivity contribution in [3.63, 3.8) is 0 Å². The van der Waals surface area contributed by atoms with Crippen LogP contribution in [0.25, 0.3) is 17.1 Å². The molecule has 0 aliphatic carbocycles. The minimum absolute atomic E-state index is 0.173. The van der Waals surface area contributed by atoms with Gasteiger partial charge in [-0.15, -0.1) is 11.3 Å². The Morgan fingerprint density at radius 3 is 3.00 bits per heavy atom. The zero-order valence-electron chi connectivity index (χ0n) is 13.0. The van der Waals surface area contributed by atoms with Crippen LogP contribution in [0.15, 0.2) is 45.2 Å². The lowest BCUT2D eigenvalue weighted by atomic mass is 10.2. The van der Waals surface area contributed by atoms with Crippen LogP contribution in [0.2, 0.25) is 0 Å². The Kier molecular flexibility index (Phi) is 4.53. The van der Waals surface area contributed by atoms with E-state index in [0.29, 0.717) is 25.9 Å². The summed E-state index contributed by atoms with van der Waals surface area (Å²) in [4.78, 5) is 27.7. The largest absolute Gasteiger partial charge is 0.322 e. The van der Waals surface area contributed by atoms with E-state index in [1.807, 2.05) is 17.5 Å². The molecular weight excluding hydrogens is 392 g/mol. The normalized spacial score (nSPS) is 16.0. The van der Waals surface area contributed by atoms with Crippen LogP contribution in [0, 0.1) is 0 Å². The molecule has 1 aliphatic heterocycles. The Balaban J connectivity index is 1.48. The van der Waals surface area contributed by atoms with Crippen molar-refractivity contribution in [3.8, 4) is 0 Å². The third-order valence-corrected chi connectivity index (χ3v) is 5.75. The summed E-state index contributed by atoms with van der Waals surface area (Å²) in [7, 11) is 0. The first-order valence-corrected chi connectivity index (χ1v) is 9.52. The number of fused-ring (bicyclic) bond motifs is 1. The summed E-state index contributed by atoms with van der Waals surface area (Å²) in [5.74, 6) is -0.654. The number of nitrogens with one attached hydrogen (secondary N) is 1. The van der Waals surface area contributed by atoms with Crippen LogP contribution in [0.5, 0.6) is 0 Å². The number of carbonyl (C=O) groups is 2. The lowest BCUT2D eigenvalue weighted by Crippen LogP contribution is -2.36. The average Bonchev–Trinajstić information content (AvgIpc) is 3.34. The number of amides is 2. The van der Waals surface area contributed by atoms with Crippen molar-refractivity contribution in [2.45, 2.75) is 0 Å². The number of thioether (sulfide) groups is 1. The standard InChI is InChI=1S/C16H10N4O3S3/c21-13(17-10-4-1-5-11-14(10)19-23-18-11)8-20-15(22)12(26-16(20)24)7-9-3-2-6-25-9/h1-7H,8H2,(H,17,21)/b12-7+. The van der Waals surface area contributed by atoms with Crippen molar-refractivity contribution >= 4 is 74.2 Å². The van der Waals surface area contributed by atoms with E-state index in [0.717, 1.165) is 4.88 Å². The van der Waals surface area contributed by atoms with Gasteiger partial charge in [0.05, 0.1) is 10.6 Å². The van der Waals surface area contributed by atoms with E-state index in [1.54, 1.807) is 24.3 Å². The van der Waals surface area contributed by atoms with Gasteiger partial charge >= 0.3 is 0 Å². The fourth-order valence-corrected chi connectivity index (χ4v) is 4.36. The number of aromatic nitrogens is 2. The van der Waals surface area contributed by atoms with E-state index in [4.69, 9.17) is 12.2 Å². The Hall–Kier alpha value is -2.56. The van der Waals surface area contributed by atoms with Crippen molar-refractivity contribution in [2.24, 2.45) is 0 Å². The molecule has 0 saturated carbocycles. The van der Waals surface area contributed by atoms with Gasteiger partial charge in [-0.3, -0.25) is 14.5 Å². The highest BCUT2D eigenvalue weighted by Gasteiger charge is 2.33. The molecule has 0 spiro atoms. The zero-order chi connectivity index (χ0) is 18.1. The first-order chi connectivity index (χ1) is 12.6. The molecule has 1 N–H and O–H groups in total. The summed E-state index contributed by atoms with van der Waals surface area (Å²) in [5.41, 5.74) is 1.45. The third kappa shape index (κ3) is 3.26. The molecule has 26 heavy (non-hydrogen) atoms. The highest BCUT2D eigenvalue weighted by Crippen LogP contribution is 2.33. The van der Waals surface area contributed by atoms with Crippen LogP contribution in [-0.4, -0.2) is 37.9 Å². The van der Waals surface area contributed by atoms with E-state index in [1.165, 1.54) is 28.0 Å². The molecule has 0 radical (unpaired) electrons. The van der Waals surface area contributed by atoms with E-state index >= 15 is 0 Å².